The van der Waals surface area contributed by atoms with E-state index in [0.717, 1.165) is 17.5 Å². The van der Waals surface area contributed by atoms with Crippen LogP contribution in [0.5, 0.6) is 5.75 Å². The number of carboxylic acid groups (broad SMARTS) is 1. The fraction of sp³-hybridized carbons (Fsp3) is 0.278. The molecule has 0 radical (unpaired) electrons. The fourth-order valence-electron chi connectivity index (χ4n) is 3.21. The lowest BCUT2D eigenvalue weighted by molar-refractivity contribution is -0.149. The minimum absolute atomic E-state index is 0.206. The predicted molar refractivity (Wildman–Crippen MR) is 80.3 cm³/mol. The summed E-state index contributed by atoms with van der Waals surface area (Å²) in [6.07, 6.45) is 2.52. The molecule has 21 heavy (non-hydrogen) atoms. The van der Waals surface area contributed by atoms with Gasteiger partial charge in [0, 0.05) is 0 Å². The molecule has 3 heteroatoms. The van der Waals surface area contributed by atoms with Crippen molar-refractivity contribution in [1.82, 2.24) is 0 Å². The summed E-state index contributed by atoms with van der Waals surface area (Å²) in [4.78, 5) is 11.9. The Hall–Kier alpha value is -2.29. The maximum Gasteiger partial charge on any atom is 0.310 e. The van der Waals surface area contributed by atoms with Crippen LogP contribution < -0.4 is 0 Å². The van der Waals surface area contributed by atoms with E-state index in [-0.39, 0.29) is 5.75 Å². The summed E-state index contributed by atoms with van der Waals surface area (Å²) in [6.45, 7) is 0. The summed E-state index contributed by atoms with van der Waals surface area (Å²) < 4.78 is 0. The van der Waals surface area contributed by atoms with Crippen LogP contribution in [0.1, 0.15) is 23.1 Å². The Morgan fingerprint density at radius 3 is 2.38 bits per heavy atom. The van der Waals surface area contributed by atoms with Crippen LogP contribution in [0, 0.1) is 5.41 Å². The van der Waals surface area contributed by atoms with E-state index in [9.17, 15) is 15.0 Å². The van der Waals surface area contributed by atoms with Gasteiger partial charge in [-0.3, -0.25) is 4.79 Å². The van der Waals surface area contributed by atoms with Gasteiger partial charge in [0.05, 0.1) is 5.41 Å². The molecule has 1 aliphatic rings. The molecule has 0 saturated carbocycles. The quantitative estimate of drug-likeness (QED) is 0.909. The van der Waals surface area contributed by atoms with Crippen LogP contribution in [0.15, 0.2) is 48.5 Å². The first-order chi connectivity index (χ1) is 10.1. The smallest absolute Gasteiger partial charge is 0.310 e. The zero-order valence-corrected chi connectivity index (χ0v) is 11.7. The van der Waals surface area contributed by atoms with Crippen molar-refractivity contribution in [3.05, 3.63) is 65.2 Å². The molecule has 0 spiro atoms. The average molecular weight is 282 g/mol. The number of phenols is 1. The number of hydrogen-bond donors (Lipinski definition) is 2. The molecule has 3 nitrogen and oxygen atoms in total. The van der Waals surface area contributed by atoms with E-state index in [4.69, 9.17) is 0 Å². The Morgan fingerprint density at radius 1 is 1.05 bits per heavy atom. The van der Waals surface area contributed by atoms with Gasteiger partial charge in [0.1, 0.15) is 5.75 Å². The number of benzene rings is 2. The van der Waals surface area contributed by atoms with Gasteiger partial charge in [0.15, 0.2) is 0 Å². The predicted octanol–water partition coefficient (Wildman–Crippen LogP) is 3.19. The van der Waals surface area contributed by atoms with Crippen molar-refractivity contribution in [2.24, 2.45) is 5.41 Å². The lowest BCUT2D eigenvalue weighted by Gasteiger charge is -2.34. The van der Waals surface area contributed by atoms with Crippen molar-refractivity contribution < 1.29 is 15.0 Å². The highest BCUT2D eigenvalue weighted by molar-refractivity contribution is 5.76. The highest BCUT2D eigenvalue weighted by Crippen LogP contribution is 2.39. The first kappa shape index (κ1) is 13.7. The van der Waals surface area contributed by atoms with E-state index in [1.165, 1.54) is 5.56 Å². The van der Waals surface area contributed by atoms with Gasteiger partial charge in [-0.15, -0.1) is 0 Å². The Bertz CT molecular complexity index is 660. The van der Waals surface area contributed by atoms with Gasteiger partial charge >= 0.3 is 5.97 Å². The van der Waals surface area contributed by atoms with Crippen molar-refractivity contribution >= 4 is 5.97 Å². The molecule has 108 valence electrons. The van der Waals surface area contributed by atoms with Crippen molar-refractivity contribution in [1.29, 1.82) is 0 Å². The van der Waals surface area contributed by atoms with Crippen LogP contribution >= 0.6 is 0 Å². The van der Waals surface area contributed by atoms with Crippen molar-refractivity contribution in [3.63, 3.8) is 0 Å². The molecule has 2 N–H and O–H groups in total. The maximum atomic E-state index is 11.9. The van der Waals surface area contributed by atoms with E-state index in [1.54, 1.807) is 24.3 Å². The van der Waals surface area contributed by atoms with Crippen LogP contribution in [0.25, 0.3) is 0 Å². The third-order valence-electron chi connectivity index (χ3n) is 4.45. The van der Waals surface area contributed by atoms with Gasteiger partial charge in [-0.05, 0) is 54.5 Å². The minimum Gasteiger partial charge on any atom is -0.508 e. The molecule has 0 saturated heterocycles. The number of carbonyl (C=O) groups is 1. The van der Waals surface area contributed by atoms with E-state index in [0.29, 0.717) is 19.3 Å². The van der Waals surface area contributed by atoms with Crippen LogP contribution in [0.3, 0.4) is 0 Å². The molecule has 2 aromatic rings. The van der Waals surface area contributed by atoms with Gasteiger partial charge in [0.2, 0.25) is 0 Å². The van der Waals surface area contributed by atoms with Gasteiger partial charge in [0.25, 0.3) is 0 Å². The SMILES string of the molecule is O=C(O)C1(Cc2ccc(O)cc2)CCc2ccccc2C1. The third-order valence-corrected chi connectivity index (χ3v) is 4.45. The number of carboxylic acids is 1. The molecule has 3 rings (SSSR count). The lowest BCUT2D eigenvalue weighted by Crippen LogP contribution is -2.39. The fourth-order valence-corrected chi connectivity index (χ4v) is 3.21. The van der Waals surface area contributed by atoms with E-state index in [1.807, 2.05) is 18.2 Å². The normalized spacial score (nSPS) is 20.8. The van der Waals surface area contributed by atoms with Crippen LogP contribution in [0.4, 0.5) is 0 Å². The van der Waals surface area contributed by atoms with E-state index >= 15 is 0 Å². The van der Waals surface area contributed by atoms with Gasteiger partial charge in [-0.1, -0.05) is 36.4 Å². The summed E-state index contributed by atoms with van der Waals surface area (Å²) in [5.41, 5.74) is 2.62. The largest absolute Gasteiger partial charge is 0.508 e. The summed E-state index contributed by atoms with van der Waals surface area (Å²) in [5.74, 6) is -0.526. The molecular weight excluding hydrogens is 264 g/mol. The zero-order chi connectivity index (χ0) is 14.9. The van der Waals surface area contributed by atoms with Gasteiger partial charge in [-0.25, -0.2) is 0 Å². The number of fused-ring (bicyclic) bond motifs is 1. The highest BCUT2D eigenvalue weighted by Gasteiger charge is 2.41. The molecule has 0 amide bonds. The summed E-state index contributed by atoms with van der Waals surface area (Å²) in [6, 6.07) is 14.9. The number of aryl methyl sites for hydroxylation is 1. The third kappa shape index (κ3) is 2.64. The van der Waals surface area contributed by atoms with Crippen molar-refractivity contribution in [2.45, 2.75) is 25.7 Å². The Labute approximate surface area is 123 Å². The minimum atomic E-state index is -0.745. The van der Waals surface area contributed by atoms with Crippen molar-refractivity contribution in [3.8, 4) is 5.75 Å². The Kier molecular flexibility index (Phi) is 3.42. The first-order valence-corrected chi connectivity index (χ1v) is 7.17. The second kappa shape index (κ2) is 5.24. The van der Waals surface area contributed by atoms with Crippen LogP contribution in [0.2, 0.25) is 0 Å². The zero-order valence-electron chi connectivity index (χ0n) is 11.7. The molecule has 0 bridgehead atoms. The maximum absolute atomic E-state index is 11.9. The molecule has 0 heterocycles. The highest BCUT2D eigenvalue weighted by atomic mass is 16.4. The summed E-state index contributed by atoms with van der Waals surface area (Å²) in [7, 11) is 0. The molecule has 1 unspecified atom stereocenters. The molecule has 2 aromatic carbocycles. The Balaban J connectivity index is 1.91. The summed E-state index contributed by atoms with van der Waals surface area (Å²) in [5, 5.41) is 19.1. The number of phenolic OH excluding ortho intramolecular Hbond substituents is 1. The Morgan fingerprint density at radius 2 is 1.71 bits per heavy atom. The first-order valence-electron chi connectivity index (χ1n) is 7.17. The van der Waals surface area contributed by atoms with Crippen LogP contribution in [-0.4, -0.2) is 16.2 Å². The molecule has 1 aliphatic carbocycles. The van der Waals surface area contributed by atoms with E-state index in [2.05, 4.69) is 6.07 Å². The molecular formula is C18H18O3. The number of aliphatic carboxylic acids is 1. The average Bonchev–Trinajstić information content (AvgIpc) is 2.49. The molecule has 0 aromatic heterocycles. The second-order valence-corrected chi connectivity index (χ2v) is 5.87. The number of aromatic hydroxyl groups is 1. The lowest BCUT2D eigenvalue weighted by atomic mass is 9.68. The second-order valence-electron chi connectivity index (χ2n) is 5.87. The van der Waals surface area contributed by atoms with E-state index < -0.39 is 11.4 Å². The van der Waals surface area contributed by atoms with Gasteiger partial charge in [-0.2, -0.15) is 0 Å². The van der Waals surface area contributed by atoms with Crippen LogP contribution in [-0.2, 0) is 24.1 Å². The number of rotatable bonds is 3. The molecule has 0 fully saturated rings. The number of hydrogen-bond acceptors (Lipinski definition) is 2. The molecule has 1 atom stereocenters. The van der Waals surface area contributed by atoms with Gasteiger partial charge < -0.3 is 10.2 Å². The standard InChI is InChI=1S/C18H18O3/c19-16-7-5-13(6-8-16)11-18(17(20)21)10-9-14-3-1-2-4-15(14)12-18/h1-8,19H,9-12H2,(H,20,21). The monoisotopic (exact) mass is 282 g/mol. The van der Waals surface area contributed by atoms with Crippen molar-refractivity contribution in [2.75, 3.05) is 0 Å². The molecule has 0 aliphatic heterocycles. The summed E-state index contributed by atoms with van der Waals surface area (Å²) >= 11 is 0. The topological polar surface area (TPSA) is 57.5 Å².